The van der Waals surface area contributed by atoms with Gasteiger partial charge in [0, 0.05) is 6.26 Å². The van der Waals surface area contributed by atoms with Crippen LogP contribution in [0.3, 0.4) is 0 Å². The first-order chi connectivity index (χ1) is 8.30. The summed E-state index contributed by atoms with van der Waals surface area (Å²) in [7, 11) is -3.23. The van der Waals surface area contributed by atoms with Crippen LogP contribution in [-0.4, -0.2) is 32.0 Å². The lowest BCUT2D eigenvalue weighted by Crippen LogP contribution is -2.34. The Balaban J connectivity index is 2.81. The SMILES string of the molecule is CCC(O)(CC)COc1cccc(S(C)(=O)=O)c1. The minimum Gasteiger partial charge on any atom is -0.491 e. The van der Waals surface area contributed by atoms with Gasteiger partial charge in [-0.2, -0.15) is 0 Å². The molecule has 18 heavy (non-hydrogen) atoms. The summed E-state index contributed by atoms with van der Waals surface area (Å²) < 4.78 is 28.3. The first-order valence-electron chi connectivity index (χ1n) is 5.96. The van der Waals surface area contributed by atoms with E-state index in [4.69, 9.17) is 4.74 Å². The van der Waals surface area contributed by atoms with E-state index >= 15 is 0 Å². The molecular weight excluding hydrogens is 252 g/mol. The van der Waals surface area contributed by atoms with E-state index in [0.717, 1.165) is 6.26 Å². The fourth-order valence-electron chi connectivity index (χ4n) is 1.47. The number of rotatable bonds is 6. The van der Waals surface area contributed by atoms with Gasteiger partial charge in [0.15, 0.2) is 9.84 Å². The summed E-state index contributed by atoms with van der Waals surface area (Å²) in [5.74, 6) is 0.457. The maximum absolute atomic E-state index is 11.4. The van der Waals surface area contributed by atoms with Crippen LogP contribution < -0.4 is 4.74 Å². The number of sulfone groups is 1. The molecule has 102 valence electrons. The highest BCUT2D eigenvalue weighted by molar-refractivity contribution is 7.90. The number of aliphatic hydroxyl groups is 1. The van der Waals surface area contributed by atoms with Gasteiger partial charge in [-0.05, 0) is 31.0 Å². The van der Waals surface area contributed by atoms with Crippen LogP contribution in [0.1, 0.15) is 26.7 Å². The zero-order valence-corrected chi connectivity index (χ0v) is 11.8. The second kappa shape index (κ2) is 5.71. The van der Waals surface area contributed by atoms with Gasteiger partial charge in [-0.1, -0.05) is 19.9 Å². The van der Waals surface area contributed by atoms with E-state index < -0.39 is 15.4 Å². The predicted molar refractivity (Wildman–Crippen MR) is 70.6 cm³/mol. The second-order valence-electron chi connectivity index (χ2n) is 4.47. The standard InChI is InChI=1S/C13H20O4S/c1-4-13(14,5-2)10-17-11-7-6-8-12(9-11)18(3,15)16/h6-9,14H,4-5,10H2,1-3H3. The topological polar surface area (TPSA) is 63.6 Å². The number of hydrogen-bond acceptors (Lipinski definition) is 4. The third kappa shape index (κ3) is 3.99. The van der Waals surface area contributed by atoms with E-state index in [-0.39, 0.29) is 11.5 Å². The molecule has 0 saturated carbocycles. The molecule has 1 aromatic carbocycles. The number of benzene rings is 1. The summed E-state index contributed by atoms with van der Waals surface area (Å²) in [4.78, 5) is 0.219. The average Bonchev–Trinajstić information content (AvgIpc) is 2.35. The summed E-state index contributed by atoms with van der Waals surface area (Å²) in [5, 5.41) is 10.1. The summed E-state index contributed by atoms with van der Waals surface area (Å²) >= 11 is 0. The van der Waals surface area contributed by atoms with Crippen molar-refractivity contribution in [1.29, 1.82) is 0 Å². The van der Waals surface area contributed by atoms with Crippen LogP contribution in [0.25, 0.3) is 0 Å². The molecule has 0 amide bonds. The lowest BCUT2D eigenvalue weighted by molar-refractivity contribution is -0.0114. The van der Waals surface area contributed by atoms with Crippen LogP contribution >= 0.6 is 0 Å². The van der Waals surface area contributed by atoms with Crippen molar-refractivity contribution in [2.45, 2.75) is 37.2 Å². The molecule has 0 saturated heterocycles. The number of hydrogen-bond donors (Lipinski definition) is 1. The highest BCUT2D eigenvalue weighted by Crippen LogP contribution is 2.21. The van der Waals surface area contributed by atoms with Gasteiger partial charge < -0.3 is 9.84 Å². The van der Waals surface area contributed by atoms with Crippen LogP contribution in [0.4, 0.5) is 0 Å². The van der Waals surface area contributed by atoms with Gasteiger partial charge in [0.2, 0.25) is 0 Å². The highest BCUT2D eigenvalue weighted by Gasteiger charge is 2.23. The van der Waals surface area contributed by atoms with Crippen molar-refractivity contribution in [1.82, 2.24) is 0 Å². The lowest BCUT2D eigenvalue weighted by Gasteiger charge is -2.25. The monoisotopic (exact) mass is 272 g/mol. The van der Waals surface area contributed by atoms with Gasteiger partial charge in [0.1, 0.15) is 12.4 Å². The number of ether oxygens (including phenoxy) is 1. The summed E-state index contributed by atoms with van der Waals surface area (Å²) in [6.45, 7) is 3.94. The molecule has 0 aliphatic heterocycles. The normalized spacial score (nSPS) is 12.4. The van der Waals surface area contributed by atoms with E-state index in [1.807, 2.05) is 13.8 Å². The Bertz CT molecular complexity index is 489. The highest BCUT2D eigenvalue weighted by atomic mass is 32.2. The van der Waals surface area contributed by atoms with Gasteiger partial charge in [-0.15, -0.1) is 0 Å². The van der Waals surface area contributed by atoms with Crippen LogP contribution in [0.5, 0.6) is 5.75 Å². The van der Waals surface area contributed by atoms with Crippen molar-refractivity contribution < 1.29 is 18.3 Å². The van der Waals surface area contributed by atoms with Crippen LogP contribution in [0, 0.1) is 0 Å². The Hall–Kier alpha value is -1.07. The minimum atomic E-state index is -3.23. The van der Waals surface area contributed by atoms with Crippen molar-refractivity contribution in [3.05, 3.63) is 24.3 Å². The van der Waals surface area contributed by atoms with E-state index in [9.17, 15) is 13.5 Å². The zero-order chi connectivity index (χ0) is 13.8. The molecule has 0 aromatic heterocycles. The fourth-order valence-corrected chi connectivity index (χ4v) is 2.12. The van der Waals surface area contributed by atoms with Crippen molar-refractivity contribution in [3.63, 3.8) is 0 Å². The molecule has 0 atom stereocenters. The van der Waals surface area contributed by atoms with E-state index in [0.29, 0.717) is 18.6 Å². The lowest BCUT2D eigenvalue weighted by atomic mass is 9.99. The van der Waals surface area contributed by atoms with Crippen LogP contribution in [-0.2, 0) is 9.84 Å². The molecule has 5 heteroatoms. The van der Waals surface area contributed by atoms with Gasteiger partial charge >= 0.3 is 0 Å². The molecule has 0 radical (unpaired) electrons. The Morgan fingerprint density at radius 1 is 1.28 bits per heavy atom. The molecule has 1 N–H and O–H groups in total. The molecule has 0 heterocycles. The Labute approximate surface area is 109 Å². The maximum Gasteiger partial charge on any atom is 0.175 e. The van der Waals surface area contributed by atoms with Crippen molar-refractivity contribution in [2.75, 3.05) is 12.9 Å². The fraction of sp³-hybridized carbons (Fsp3) is 0.538. The van der Waals surface area contributed by atoms with Gasteiger partial charge in [0.05, 0.1) is 10.5 Å². The molecule has 0 bridgehead atoms. The Morgan fingerprint density at radius 2 is 1.89 bits per heavy atom. The molecule has 1 aromatic rings. The van der Waals surface area contributed by atoms with Crippen molar-refractivity contribution in [3.8, 4) is 5.75 Å². The Kier molecular flexibility index (Phi) is 4.76. The summed E-state index contributed by atoms with van der Waals surface area (Å²) in [6.07, 6.45) is 2.34. The van der Waals surface area contributed by atoms with E-state index in [1.165, 1.54) is 12.1 Å². The third-order valence-corrected chi connectivity index (χ3v) is 4.17. The first kappa shape index (κ1) is 15.0. The van der Waals surface area contributed by atoms with Gasteiger partial charge in [-0.25, -0.2) is 8.42 Å². The van der Waals surface area contributed by atoms with Crippen LogP contribution in [0.2, 0.25) is 0 Å². The van der Waals surface area contributed by atoms with Gasteiger partial charge in [0.25, 0.3) is 0 Å². The summed E-state index contributed by atoms with van der Waals surface area (Å²) in [5.41, 5.74) is -0.860. The molecule has 0 fully saturated rings. The molecule has 0 aliphatic rings. The van der Waals surface area contributed by atoms with Crippen molar-refractivity contribution >= 4 is 9.84 Å². The minimum absolute atomic E-state index is 0.160. The maximum atomic E-state index is 11.4. The average molecular weight is 272 g/mol. The largest absolute Gasteiger partial charge is 0.491 e. The molecule has 4 nitrogen and oxygen atoms in total. The van der Waals surface area contributed by atoms with E-state index in [1.54, 1.807) is 12.1 Å². The molecule has 0 spiro atoms. The molecule has 0 aliphatic carbocycles. The van der Waals surface area contributed by atoms with Gasteiger partial charge in [-0.3, -0.25) is 0 Å². The van der Waals surface area contributed by atoms with E-state index in [2.05, 4.69) is 0 Å². The third-order valence-electron chi connectivity index (χ3n) is 3.06. The molecule has 0 unspecified atom stereocenters. The second-order valence-corrected chi connectivity index (χ2v) is 6.48. The zero-order valence-electron chi connectivity index (χ0n) is 11.0. The summed E-state index contributed by atoms with van der Waals surface area (Å²) in [6, 6.07) is 6.30. The van der Waals surface area contributed by atoms with Crippen molar-refractivity contribution in [2.24, 2.45) is 0 Å². The molecular formula is C13H20O4S. The quantitative estimate of drug-likeness (QED) is 0.860. The smallest absolute Gasteiger partial charge is 0.175 e. The Morgan fingerprint density at radius 3 is 2.39 bits per heavy atom. The molecule has 1 rings (SSSR count). The van der Waals surface area contributed by atoms with Crippen LogP contribution in [0.15, 0.2) is 29.2 Å². The first-order valence-corrected chi connectivity index (χ1v) is 7.85. The predicted octanol–water partition coefficient (Wildman–Crippen LogP) is 2.02.